The third kappa shape index (κ3) is 10.5. The molecule has 2 N–H and O–H groups in total. The smallest absolute Gasteiger partial charge is 0.266 e. The van der Waals surface area contributed by atoms with Crippen molar-refractivity contribution >= 4 is 27.5 Å². The van der Waals surface area contributed by atoms with Crippen LogP contribution in [-0.4, -0.2) is 20.2 Å². The Hall–Kier alpha value is -3.65. The van der Waals surface area contributed by atoms with Crippen LogP contribution in [0.2, 0.25) is 0 Å². The van der Waals surface area contributed by atoms with E-state index in [-0.39, 0.29) is 17.0 Å². The van der Waals surface area contributed by atoms with Crippen molar-refractivity contribution in [2.45, 2.75) is 82.6 Å². The number of nitrogens with one attached hydrogen (secondary N) is 2. The number of carbonyl (C=O) groups is 2. The number of hydrogen-bond acceptors (Lipinski definition) is 5. The molecule has 0 unspecified atom stereocenters. The van der Waals surface area contributed by atoms with Crippen LogP contribution >= 0.6 is 0 Å². The molecular weight excluding hydrogens is 524 g/mol. The van der Waals surface area contributed by atoms with Crippen LogP contribution in [-0.2, 0) is 21.4 Å². The summed E-state index contributed by atoms with van der Waals surface area (Å²) in [4.78, 5) is 25.2. The number of amides is 2. The number of ether oxygens (including phenoxy) is 1. The van der Waals surface area contributed by atoms with E-state index >= 15 is 0 Å². The molecule has 0 aliphatic carbocycles. The van der Waals surface area contributed by atoms with Crippen molar-refractivity contribution in [1.29, 1.82) is 0 Å². The average molecular weight is 565 g/mol. The molecule has 3 aromatic rings. The van der Waals surface area contributed by atoms with Crippen molar-refractivity contribution < 1.29 is 22.7 Å². The van der Waals surface area contributed by atoms with Gasteiger partial charge in [-0.1, -0.05) is 107 Å². The van der Waals surface area contributed by atoms with E-state index in [1.54, 1.807) is 36.4 Å². The predicted molar refractivity (Wildman–Crippen MR) is 159 cm³/mol. The van der Waals surface area contributed by atoms with E-state index in [9.17, 15) is 18.0 Å². The zero-order valence-electron chi connectivity index (χ0n) is 23.2. The van der Waals surface area contributed by atoms with Crippen LogP contribution < -0.4 is 14.8 Å². The molecule has 0 atom stereocenters. The highest BCUT2D eigenvalue weighted by Gasteiger charge is 2.22. The first-order valence-corrected chi connectivity index (χ1v) is 15.6. The lowest BCUT2D eigenvalue weighted by atomic mass is 10.1. The average Bonchev–Trinajstić information content (AvgIpc) is 2.96. The van der Waals surface area contributed by atoms with Crippen molar-refractivity contribution in [3.63, 3.8) is 0 Å². The minimum absolute atomic E-state index is 0.0893. The van der Waals surface area contributed by atoms with Gasteiger partial charge in [0.05, 0.1) is 5.69 Å². The normalized spacial score (nSPS) is 11.1. The van der Waals surface area contributed by atoms with Gasteiger partial charge >= 0.3 is 0 Å². The van der Waals surface area contributed by atoms with Crippen LogP contribution in [0.1, 0.15) is 87.1 Å². The van der Waals surface area contributed by atoms with Crippen molar-refractivity contribution in [1.82, 2.24) is 4.72 Å². The Kier molecular flexibility index (Phi) is 12.7. The lowest BCUT2D eigenvalue weighted by Gasteiger charge is -2.13. The van der Waals surface area contributed by atoms with Crippen molar-refractivity contribution in [2.75, 3.05) is 5.32 Å². The highest BCUT2D eigenvalue weighted by molar-refractivity contribution is 7.90. The predicted octanol–water partition coefficient (Wildman–Crippen LogP) is 7.24. The molecule has 0 heterocycles. The Bertz CT molecular complexity index is 1330. The van der Waals surface area contributed by atoms with Crippen LogP contribution in [0.15, 0.2) is 83.8 Å². The molecule has 2 amide bonds. The molecule has 0 saturated heterocycles. The third-order valence-corrected chi connectivity index (χ3v) is 7.96. The van der Waals surface area contributed by atoms with Crippen molar-refractivity contribution in [3.05, 3.63) is 90.0 Å². The number of rotatable bonds is 17. The summed E-state index contributed by atoms with van der Waals surface area (Å²) in [5, 5.41) is 2.67. The summed E-state index contributed by atoms with van der Waals surface area (Å²) in [5.41, 5.74) is 1.40. The van der Waals surface area contributed by atoms with Gasteiger partial charge in [-0.2, -0.15) is 0 Å². The lowest BCUT2D eigenvalue weighted by Crippen LogP contribution is -2.31. The van der Waals surface area contributed by atoms with Gasteiger partial charge in [0.2, 0.25) is 5.91 Å². The number of sulfonamides is 1. The van der Waals surface area contributed by atoms with E-state index in [4.69, 9.17) is 4.74 Å². The summed E-state index contributed by atoms with van der Waals surface area (Å²) in [7, 11) is -4.16. The van der Waals surface area contributed by atoms with Crippen LogP contribution in [0.4, 0.5) is 5.69 Å². The summed E-state index contributed by atoms with van der Waals surface area (Å²) < 4.78 is 34.0. The maximum Gasteiger partial charge on any atom is 0.266 e. The van der Waals surface area contributed by atoms with E-state index in [1.165, 1.54) is 44.2 Å². The molecule has 0 radical (unpaired) electrons. The van der Waals surface area contributed by atoms with Gasteiger partial charge in [-0.05, 0) is 42.3 Å². The molecule has 8 heteroatoms. The molecule has 7 nitrogen and oxygen atoms in total. The molecule has 0 aliphatic rings. The van der Waals surface area contributed by atoms with E-state index in [0.29, 0.717) is 24.3 Å². The maximum atomic E-state index is 13.0. The second-order valence-corrected chi connectivity index (χ2v) is 11.5. The summed E-state index contributed by atoms with van der Waals surface area (Å²) in [6.45, 7) is 2.55. The summed E-state index contributed by atoms with van der Waals surface area (Å²) in [5.74, 6) is -0.526. The van der Waals surface area contributed by atoms with Gasteiger partial charge in [0.15, 0.2) is 0 Å². The van der Waals surface area contributed by atoms with Crippen molar-refractivity contribution in [3.8, 4) is 5.75 Å². The number of benzene rings is 3. The first kappa shape index (κ1) is 30.9. The van der Waals surface area contributed by atoms with Crippen LogP contribution in [0.3, 0.4) is 0 Å². The minimum atomic E-state index is -4.16. The second kappa shape index (κ2) is 16.5. The highest BCUT2D eigenvalue weighted by Crippen LogP contribution is 2.23. The van der Waals surface area contributed by atoms with E-state index in [2.05, 4.69) is 17.0 Å². The Morgan fingerprint density at radius 1 is 0.750 bits per heavy atom. The molecule has 3 aromatic carbocycles. The van der Waals surface area contributed by atoms with E-state index in [1.807, 2.05) is 30.3 Å². The van der Waals surface area contributed by atoms with Crippen LogP contribution in [0.5, 0.6) is 5.75 Å². The monoisotopic (exact) mass is 564 g/mol. The fourth-order valence-corrected chi connectivity index (χ4v) is 5.50. The van der Waals surface area contributed by atoms with Gasteiger partial charge in [-0.15, -0.1) is 0 Å². The van der Waals surface area contributed by atoms with Crippen molar-refractivity contribution in [2.24, 2.45) is 0 Å². The highest BCUT2D eigenvalue weighted by atomic mass is 32.2. The molecule has 214 valence electrons. The molecule has 0 aliphatic heterocycles. The first-order chi connectivity index (χ1) is 19.4. The first-order valence-electron chi connectivity index (χ1n) is 14.1. The Morgan fingerprint density at radius 3 is 2.12 bits per heavy atom. The molecule has 3 rings (SSSR count). The molecule has 0 fully saturated rings. The Balaban J connectivity index is 1.52. The third-order valence-electron chi connectivity index (χ3n) is 6.52. The molecular formula is C32H40N2O5S. The number of hydrogen-bond donors (Lipinski definition) is 2. The summed E-state index contributed by atoms with van der Waals surface area (Å²) >= 11 is 0. The largest absolute Gasteiger partial charge is 0.489 e. The summed E-state index contributed by atoms with van der Waals surface area (Å²) in [6.07, 6.45) is 10.1. The van der Waals surface area contributed by atoms with E-state index < -0.39 is 21.8 Å². The number of anilines is 1. The van der Waals surface area contributed by atoms with Gasteiger partial charge in [-0.3, -0.25) is 9.59 Å². The Labute approximate surface area is 238 Å². The lowest BCUT2D eigenvalue weighted by molar-refractivity contribution is -0.119. The Morgan fingerprint density at radius 2 is 1.40 bits per heavy atom. The van der Waals surface area contributed by atoms with Gasteiger partial charge in [0.1, 0.15) is 17.3 Å². The zero-order chi connectivity index (χ0) is 28.6. The maximum absolute atomic E-state index is 13.0. The molecule has 0 bridgehead atoms. The number of carbonyl (C=O) groups excluding carboxylic acids is 2. The molecule has 40 heavy (non-hydrogen) atoms. The SMILES string of the molecule is CCCCCCCCCCCC(=O)NS(=O)(=O)c1ccccc1NC(=O)c1cccc(OCc2ccccc2)c1. The number of unbranched alkanes of at least 4 members (excludes halogenated alkanes) is 8. The molecule has 0 saturated carbocycles. The topological polar surface area (TPSA) is 102 Å². The summed E-state index contributed by atoms with van der Waals surface area (Å²) in [6, 6.07) is 22.4. The fraction of sp³-hybridized carbons (Fsp3) is 0.375. The second-order valence-electron chi connectivity index (χ2n) is 9.86. The fourth-order valence-electron chi connectivity index (χ4n) is 4.32. The standard InChI is InChI=1S/C32H40N2O5S/c1-2-3-4-5-6-7-8-9-13-23-31(35)34-40(37,38)30-22-15-14-21-29(30)33-32(36)27-19-16-20-28(24-27)39-25-26-17-11-10-12-18-26/h10-12,14-22,24H,2-9,13,23,25H2,1H3,(H,33,36)(H,34,35). The molecule has 0 aromatic heterocycles. The quantitative estimate of drug-likeness (QED) is 0.168. The van der Waals surface area contributed by atoms with Crippen LogP contribution in [0, 0.1) is 0 Å². The number of para-hydroxylation sites is 1. The zero-order valence-corrected chi connectivity index (χ0v) is 24.0. The molecule has 0 spiro atoms. The minimum Gasteiger partial charge on any atom is -0.489 e. The van der Waals surface area contributed by atoms with Gasteiger partial charge < -0.3 is 10.1 Å². The van der Waals surface area contributed by atoms with Gasteiger partial charge in [0, 0.05) is 12.0 Å². The van der Waals surface area contributed by atoms with E-state index in [0.717, 1.165) is 24.8 Å². The van der Waals surface area contributed by atoms with Crippen LogP contribution in [0.25, 0.3) is 0 Å². The van der Waals surface area contributed by atoms with Gasteiger partial charge in [-0.25, -0.2) is 13.1 Å². The van der Waals surface area contributed by atoms with Gasteiger partial charge in [0.25, 0.3) is 15.9 Å².